The number of rotatable bonds is 4. The van der Waals surface area contributed by atoms with E-state index in [9.17, 15) is 13.2 Å². The maximum atomic E-state index is 12.8. The normalized spacial score (nSPS) is 21.6. The van der Waals surface area contributed by atoms with Crippen LogP contribution in [0.4, 0.5) is 0 Å². The van der Waals surface area contributed by atoms with Crippen LogP contribution < -0.4 is 0 Å². The Labute approximate surface area is 152 Å². The average molecular weight is 389 g/mol. The molecular weight excluding hydrogens is 364 g/mol. The van der Waals surface area contributed by atoms with E-state index in [2.05, 4.69) is 14.5 Å². The van der Waals surface area contributed by atoms with Crippen LogP contribution in [0, 0.1) is 0 Å². The lowest BCUT2D eigenvalue weighted by molar-refractivity contribution is 0.0696. The van der Waals surface area contributed by atoms with Crippen LogP contribution in [0.25, 0.3) is 0 Å². The van der Waals surface area contributed by atoms with Crippen molar-refractivity contribution in [2.24, 2.45) is 0 Å². The van der Waals surface area contributed by atoms with Crippen molar-refractivity contribution in [2.45, 2.75) is 13.3 Å². The fourth-order valence-corrected chi connectivity index (χ4v) is 5.34. The number of likely N-dealkylation sites (N-methyl/N-ethyl adjacent to an activating group) is 1. The van der Waals surface area contributed by atoms with Gasteiger partial charge in [0.25, 0.3) is 16.1 Å². The molecule has 0 bridgehead atoms. The van der Waals surface area contributed by atoms with Gasteiger partial charge in [-0.05, 0) is 25.0 Å². The molecule has 2 saturated heterocycles. The number of carbonyl (C=O) groups is 1. The predicted octanol–water partition coefficient (Wildman–Crippen LogP) is -0.649. The zero-order valence-electron chi connectivity index (χ0n) is 14.6. The number of hydrogen-bond donors (Lipinski definition) is 0. The molecule has 0 aliphatic carbocycles. The Kier molecular flexibility index (Phi) is 5.68. The summed E-state index contributed by atoms with van der Waals surface area (Å²) in [5, 5.41) is 3.98. The number of aromatic nitrogens is 2. The maximum absolute atomic E-state index is 12.8. The lowest BCUT2D eigenvalue weighted by atomic mass is 10.2. The number of hydrogen-bond acceptors (Lipinski definition) is 7. The van der Waals surface area contributed by atoms with Crippen molar-refractivity contribution in [2.75, 3.05) is 59.4 Å². The minimum absolute atomic E-state index is 0.0940. The van der Waals surface area contributed by atoms with Crippen molar-refractivity contribution in [3.8, 4) is 0 Å². The second-order valence-electron chi connectivity index (χ2n) is 6.30. The quantitative estimate of drug-likeness (QED) is 0.681. The molecule has 0 N–H and O–H groups in total. The van der Waals surface area contributed by atoms with E-state index < -0.39 is 10.2 Å². The highest BCUT2D eigenvalue weighted by Crippen LogP contribution is 2.18. The van der Waals surface area contributed by atoms with Crippen molar-refractivity contribution < 1.29 is 13.2 Å². The van der Waals surface area contributed by atoms with Crippen molar-refractivity contribution in [3.63, 3.8) is 0 Å². The van der Waals surface area contributed by atoms with Crippen LogP contribution in [0.15, 0.2) is 0 Å². The van der Waals surface area contributed by atoms with Gasteiger partial charge in [0.05, 0.1) is 5.69 Å². The second kappa shape index (κ2) is 7.62. The van der Waals surface area contributed by atoms with Crippen molar-refractivity contribution in [1.29, 1.82) is 0 Å². The minimum Gasteiger partial charge on any atom is -0.335 e. The summed E-state index contributed by atoms with van der Waals surface area (Å²) in [4.78, 5) is 17.0. The molecule has 2 aliphatic rings. The molecule has 9 nitrogen and oxygen atoms in total. The van der Waals surface area contributed by atoms with Crippen LogP contribution in [0.3, 0.4) is 0 Å². The van der Waals surface area contributed by atoms with Gasteiger partial charge in [0.2, 0.25) is 0 Å². The molecule has 1 amide bonds. The molecule has 1 aromatic heterocycles. The van der Waals surface area contributed by atoms with Gasteiger partial charge in [0.1, 0.15) is 4.88 Å². The van der Waals surface area contributed by atoms with Crippen LogP contribution in [0.5, 0.6) is 0 Å². The molecule has 0 radical (unpaired) electrons. The molecule has 2 fully saturated rings. The van der Waals surface area contributed by atoms with Gasteiger partial charge in [-0.3, -0.25) is 4.79 Å². The van der Waals surface area contributed by atoms with E-state index in [1.807, 2.05) is 14.0 Å². The Bertz CT molecular complexity index is 706. The Morgan fingerprint density at radius 1 is 1.04 bits per heavy atom. The van der Waals surface area contributed by atoms with Crippen molar-refractivity contribution in [1.82, 2.24) is 28.0 Å². The number of aryl methyl sites for hydroxylation is 1. The number of carbonyl (C=O) groups excluding carboxylic acids is 1. The summed E-state index contributed by atoms with van der Waals surface area (Å²) in [6.07, 6.45) is 0.662. The van der Waals surface area contributed by atoms with E-state index in [4.69, 9.17) is 0 Å². The summed E-state index contributed by atoms with van der Waals surface area (Å²) in [5.41, 5.74) is 0.711. The lowest BCUT2D eigenvalue weighted by Gasteiger charge is -2.39. The molecule has 2 aliphatic heterocycles. The minimum atomic E-state index is -3.44. The molecular formula is C14H24N6O3S2. The summed E-state index contributed by atoms with van der Waals surface area (Å²) in [5.74, 6) is -0.0940. The third-order valence-electron chi connectivity index (χ3n) is 4.73. The molecule has 0 aromatic carbocycles. The first-order chi connectivity index (χ1) is 11.9. The van der Waals surface area contributed by atoms with Gasteiger partial charge in [-0.1, -0.05) is 11.4 Å². The van der Waals surface area contributed by atoms with E-state index in [1.165, 1.54) is 4.31 Å². The van der Waals surface area contributed by atoms with E-state index in [-0.39, 0.29) is 5.91 Å². The van der Waals surface area contributed by atoms with Gasteiger partial charge in [-0.2, -0.15) is 17.0 Å². The van der Waals surface area contributed by atoms with Crippen LogP contribution in [-0.4, -0.2) is 102 Å². The summed E-state index contributed by atoms with van der Waals surface area (Å²) < 4.78 is 32.4. The molecule has 0 saturated carbocycles. The average Bonchev–Trinajstić information content (AvgIpc) is 3.10. The molecule has 25 heavy (non-hydrogen) atoms. The monoisotopic (exact) mass is 388 g/mol. The Morgan fingerprint density at radius 2 is 1.60 bits per heavy atom. The first kappa shape index (κ1) is 18.6. The third-order valence-corrected chi connectivity index (χ3v) is 7.52. The number of nitrogens with zero attached hydrogens (tertiary/aromatic N) is 6. The van der Waals surface area contributed by atoms with Gasteiger partial charge >= 0.3 is 0 Å². The van der Waals surface area contributed by atoms with Gasteiger partial charge in [-0.15, -0.1) is 5.10 Å². The zero-order valence-corrected chi connectivity index (χ0v) is 16.2. The van der Waals surface area contributed by atoms with Crippen LogP contribution >= 0.6 is 11.5 Å². The molecule has 0 unspecified atom stereocenters. The van der Waals surface area contributed by atoms with E-state index in [1.54, 1.807) is 9.21 Å². The summed E-state index contributed by atoms with van der Waals surface area (Å²) in [6.45, 7) is 5.91. The lowest BCUT2D eigenvalue weighted by Crippen LogP contribution is -2.57. The summed E-state index contributed by atoms with van der Waals surface area (Å²) in [7, 11) is -1.45. The molecule has 11 heteroatoms. The largest absolute Gasteiger partial charge is 0.335 e. The summed E-state index contributed by atoms with van der Waals surface area (Å²) >= 11 is 1.11. The maximum Gasteiger partial charge on any atom is 0.282 e. The smallest absolute Gasteiger partial charge is 0.282 e. The van der Waals surface area contributed by atoms with E-state index in [0.29, 0.717) is 56.3 Å². The molecule has 0 spiro atoms. The second-order valence-corrected chi connectivity index (χ2v) is 8.99. The van der Waals surface area contributed by atoms with E-state index in [0.717, 1.165) is 24.6 Å². The van der Waals surface area contributed by atoms with Crippen LogP contribution in [0.2, 0.25) is 0 Å². The number of piperazine rings is 2. The van der Waals surface area contributed by atoms with Crippen LogP contribution in [0.1, 0.15) is 22.3 Å². The Morgan fingerprint density at radius 3 is 2.16 bits per heavy atom. The highest BCUT2D eigenvalue weighted by atomic mass is 32.2. The molecule has 1 aromatic rings. The third kappa shape index (κ3) is 3.85. The molecule has 140 valence electrons. The Hall–Kier alpha value is -1.14. The fourth-order valence-electron chi connectivity index (χ4n) is 3.05. The fraction of sp³-hybridized carbons (Fsp3) is 0.786. The highest BCUT2D eigenvalue weighted by molar-refractivity contribution is 7.86. The van der Waals surface area contributed by atoms with Gasteiger partial charge in [0, 0.05) is 52.4 Å². The predicted molar refractivity (Wildman–Crippen MR) is 94.8 cm³/mol. The molecule has 0 atom stereocenters. The molecule has 3 heterocycles. The highest BCUT2D eigenvalue weighted by Gasteiger charge is 2.35. The first-order valence-corrected chi connectivity index (χ1v) is 10.6. The van der Waals surface area contributed by atoms with Gasteiger partial charge < -0.3 is 9.80 Å². The standard InChI is InChI=1S/C14H24N6O3S2/c1-3-12-13(24-16-15-12)14(21)18-6-10-20(11-7-18)25(22,23)19-8-4-17(2)5-9-19/h3-11H2,1-2H3. The SMILES string of the molecule is CCc1nnsc1C(=O)N1CCN(S(=O)(=O)N2CCN(C)CC2)CC1. The van der Waals surface area contributed by atoms with Crippen molar-refractivity contribution in [3.05, 3.63) is 10.6 Å². The zero-order chi connectivity index (χ0) is 18.0. The van der Waals surface area contributed by atoms with Gasteiger partial charge in [-0.25, -0.2) is 0 Å². The Balaban J connectivity index is 1.61. The van der Waals surface area contributed by atoms with Gasteiger partial charge in [0.15, 0.2) is 0 Å². The number of amides is 1. The molecule has 3 rings (SSSR count). The van der Waals surface area contributed by atoms with Crippen LogP contribution in [-0.2, 0) is 16.6 Å². The van der Waals surface area contributed by atoms with Crippen molar-refractivity contribution >= 4 is 27.6 Å². The first-order valence-electron chi connectivity index (χ1n) is 8.47. The summed E-state index contributed by atoms with van der Waals surface area (Å²) in [6, 6.07) is 0. The topological polar surface area (TPSA) is 89.9 Å². The van der Waals surface area contributed by atoms with E-state index >= 15 is 0 Å².